The predicted molar refractivity (Wildman–Crippen MR) is 83.0 cm³/mol. The first-order valence-corrected chi connectivity index (χ1v) is 7.69. The van der Waals surface area contributed by atoms with Crippen molar-refractivity contribution < 1.29 is 0 Å². The van der Waals surface area contributed by atoms with Crippen LogP contribution in [0.5, 0.6) is 0 Å². The van der Waals surface area contributed by atoms with Gasteiger partial charge in [0, 0.05) is 25.2 Å². The van der Waals surface area contributed by atoms with E-state index >= 15 is 0 Å². The Morgan fingerprint density at radius 3 is 2.90 bits per heavy atom. The van der Waals surface area contributed by atoms with Crippen LogP contribution in [0.15, 0.2) is 16.3 Å². The van der Waals surface area contributed by atoms with Gasteiger partial charge < -0.3 is 4.90 Å². The number of hydrogen-bond donors (Lipinski definition) is 0. The van der Waals surface area contributed by atoms with E-state index in [1.54, 1.807) is 22.3 Å². The fourth-order valence-corrected chi connectivity index (χ4v) is 3.49. The van der Waals surface area contributed by atoms with Crippen molar-refractivity contribution in [3.05, 3.63) is 27.0 Å². The summed E-state index contributed by atoms with van der Waals surface area (Å²) in [6, 6.07) is 0. The molecule has 0 atom stereocenters. The Bertz CT molecular complexity index is 764. The van der Waals surface area contributed by atoms with Gasteiger partial charge in [-0.15, -0.1) is 11.3 Å². The molecule has 6 nitrogen and oxygen atoms in total. The molecule has 0 saturated carbocycles. The van der Waals surface area contributed by atoms with Crippen LogP contribution in [0.25, 0.3) is 11.0 Å². The number of anilines is 1. The molecule has 3 rings (SSSR count). The maximum absolute atomic E-state index is 4.48. The lowest BCUT2D eigenvalue weighted by Crippen LogP contribution is -2.18. The molecule has 0 bridgehead atoms. The minimum absolute atomic E-state index is 0.714. The number of fused-ring (bicyclic) bond motifs is 1. The van der Waals surface area contributed by atoms with Crippen LogP contribution >= 0.6 is 27.3 Å². The third kappa shape index (κ3) is 2.29. The van der Waals surface area contributed by atoms with Gasteiger partial charge in [-0.3, -0.25) is 0 Å². The van der Waals surface area contributed by atoms with Crippen molar-refractivity contribution in [2.75, 3.05) is 11.9 Å². The molecule has 0 aliphatic rings. The average Bonchev–Trinajstić information content (AvgIpc) is 2.94. The topological polar surface area (TPSA) is 59.7 Å². The molecule has 0 radical (unpaired) electrons. The molecule has 0 N–H and O–H groups in total. The summed E-state index contributed by atoms with van der Waals surface area (Å²) in [6.45, 7) is 2.71. The quantitative estimate of drug-likeness (QED) is 0.724. The van der Waals surface area contributed by atoms with Gasteiger partial charge in [0.1, 0.15) is 21.8 Å². The maximum atomic E-state index is 4.48. The normalized spacial score (nSPS) is 11.2. The van der Waals surface area contributed by atoms with Crippen molar-refractivity contribution in [2.24, 2.45) is 7.05 Å². The van der Waals surface area contributed by atoms with E-state index < -0.39 is 0 Å². The molecule has 3 aromatic rings. The summed E-state index contributed by atoms with van der Waals surface area (Å²) in [4.78, 5) is 15.2. The van der Waals surface area contributed by atoms with Crippen LogP contribution in [0.1, 0.15) is 10.7 Å². The zero-order valence-electron chi connectivity index (χ0n) is 11.3. The highest BCUT2D eigenvalue weighted by Gasteiger charge is 2.17. The highest BCUT2D eigenvalue weighted by atomic mass is 79.9. The Balaban J connectivity index is 2.01. The average molecular weight is 353 g/mol. The fraction of sp³-hybridized carbons (Fsp3) is 0.333. The van der Waals surface area contributed by atoms with Crippen molar-refractivity contribution in [3.63, 3.8) is 0 Å². The summed E-state index contributed by atoms with van der Waals surface area (Å²) in [7, 11) is 3.87. The van der Waals surface area contributed by atoms with Gasteiger partial charge in [-0.2, -0.15) is 5.10 Å². The van der Waals surface area contributed by atoms with Crippen molar-refractivity contribution >= 4 is 44.1 Å². The molecule has 0 spiro atoms. The van der Waals surface area contributed by atoms with Crippen LogP contribution in [-0.2, 0) is 13.6 Å². The van der Waals surface area contributed by atoms with Crippen molar-refractivity contribution in [3.8, 4) is 0 Å². The fourth-order valence-electron chi connectivity index (χ4n) is 2.07. The molecule has 3 heterocycles. The number of hydrogen-bond acceptors (Lipinski definition) is 6. The van der Waals surface area contributed by atoms with Crippen molar-refractivity contribution in [1.29, 1.82) is 0 Å². The molecular weight excluding hydrogens is 340 g/mol. The molecule has 0 aliphatic carbocycles. The first kappa shape index (κ1) is 13.4. The summed E-state index contributed by atoms with van der Waals surface area (Å²) in [5.41, 5.74) is 1.86. The zero-order chi connectivity index (χ0) is 14.3. The number of nitrogens with zero attached hydrogens (tertiary/aromatic N) is 6. The van der Waals surface area contributed by atoms with Crippen LogP contribution in [0, 0.1) is 6.92 Å². The number of rotatable bonds is 3. The third-order valence-electron chi connectivity index (χ3n) is 2.96. The summed E-state index contributed by atoms with van der Waals surface area (Å²) in [5, 5.41) is 8.38. The van der Waals surface area contributed by atoms with E-state index in [0.717, 1.165) is 32.2 Å². The minimum atomic E-state index is 0.714. The Morgan fingerprint density at radius 2 is 2.20 bits per heavy atom. The first-order chi connectivity index (χ1) is 9.56. The monoisotopic (exact) mass is 352 g/mol. The van der Waals surface area contributed by atoms with Crippen LogP contribution < -0.4 is 4.90 Å². The molecule has 0 fully saturated rings. The number of thiazole rings is 1. The number of aryl methyl sites for hydroxylation is 2. The van der Waals surface area contributed by atoms with Crippen LogP contribution in [0.2, 0.25) is 0 Å². The highest BCUT2D eigenvalue weighted by molar-refractivity contribution is 9.10. The highest BCUT2D eigenvalue weighted by Crippen LogP contribution is 2.29. The van der Waals surface area contributed by atoms with Gasteiger partial charge in [-0.25, -0.2) is 19.6 Å². The van der Waals surface area contributed by atoms with Crippen LogP contribution in [0.4, 0.5) is 5.82 Å². The van der Waals surface area contributed by atoms with Gasteiger partial charge in [0.25, 0.3) is 0 Å². The van der Waals surface area contributed by atoms with Gasteiger partial charge in [-0.05, 0) is 22.9 Å². The van der Waals surface area contributed by atoms with E-state index in [0.29, 0.717) is 6.54 Å². The molecule has 0 amide bonds. The summed E-state index contributed by atoms with van der Waals surface area (Å²) >= 11 is 5.13. The molecule has 20 heavy (non-hydrogen) atoms. The van der Waals surface area contributed by atoms with E-state index in [1.807, 2.05) is 21.0 Å². The number of halogens is 1. The second-order valence-corrected chi connectivity index (χ2v) is 6.24. The molecule has 104 valence electrons. The standard InChI is InChI=1S/C12H13BrN6S/c1-7-5-20-8(16-7)4-18(2)11-9-10(13)17-19(3)12(9)15-6-14-11/h5-6H,4H2,1-3H3. The van der Waals surface area contributed by atoms with E-state index in [1.165, 1.54) is 0 Å². The molecule has 0 aromatic carbocycles. The Morgan fingerprint density at radius 1 is 1.40 bits per heavy atom. The lowest BCUT2D eigenvalue weighted by Gasteiger charge is -2.17. The smallest absolute Gasteiger partial charge is 0.164 e. The van der Waals surface area contributed by atoms with Gasteiger partial charge in [0.05, 0.1) is 11.9 Å². The second kappa shape index (κ2) is 5.10. The lowest BCUT2D eigenvalue weighted by atomic mass is 10.3. The van der Waals surface area contributed by atoms with E-state index in [2.05, 4.69) is 46.3 Å². The predicted octanol–water partition coefficient (Wildman–Crippen LogP) is 2.53. The molecule has 0 unspecified atom stereocenters. The molecule has 3 aromatic heterocycles. The molecule has 0 aliphatic heterocycles. The zero-order valence-corrected chi connectivity index (χ0v) is 13.7. The van der Waals surface area contributed by atoms with E-state index in [-0.39, 0.29) is 0 Å². The SMILES string of the molecule is Cc1csc(CN(C)c2ncnc3c2c(Br)nn3C)n1. The Hall–Kier alpha value is -1.54. The van der Waals surface area contributed by atoms with Crippen molar-refractivity contribution in [2.45, 2.75) is 13.5 Å². The van der Waals surface area contributed by atoms with Crippen LogP contribution in [0.3, 0.4) is 0 Å². The second-order valence-electron chi connectivity index (χ2n) is 4.55. The first-order valence-electron chi connectivity index (χ1n) is 6.01. The van der Waals surface area contributed by atoms with E-state index in [9.17, 15) is 0 Å². The van der Waals surface area contributed by atoms with Gasteiger partial charge in [0.15, 0.2) is 5.65 Å². The Labute approximate surface area is 128 Å². The summed E-state index contributed by atoms with van der Waals surface area (Å²) < 4.78 is 2.50. The van der Waals surface area contributed by atoms with Crippen molar-refractivity contribution in [1.82, 2.24) is 24.7 Å². The lowest BCUT2D eigenvalue weighted by molar-refractivity contribution is 0.777. The van der Waals surface area contributed by atoms with Gasteiger partial charge in [-0.1, -0.05) is 0 Å². The van der Waals surface area contributed by atoms with Crippen LogP contribution in [-0.4, -0.2) is 31.8 Å². The largest absolute Gasteiger partial charge is 0.352 e. The summed E-state index contributed by atoms with van der Waals surface area (Å²) in [6.07, 6.45) is 1.56. The number of aromatic nitrogens is 5. The molecule has 8 heteroatoms. The van der Waals surface area contributed by atoms with Gasteiger partial charge in [0.2, 0.25) is 0 Å². The minimum Gasteiger partial charge on any atom is -0.352 e. The molecular formula is C12H13BrN6S. The Kier molecular flexibility index (Phi) is 3.43. The third-order valence-corrected chi connectivity index (χ3v) is 4.46. The molecule has 0 saturated heterocycles. The maximum Gasteiger partial charge on any atom is 0.164 e. The summed E-state index contributed by atoms with van der Waals surface area (Å²) in [5.74, 6) is 0.850. The van der Waals surface area contributed by atoms with E-state index in [4.69, 9.17) is 0 Å². The van der Waals surface area contributed by atoms with Gasteiger partial charge >= 0.3 is 0 Å².